The fourth-order valence-electron chi connectivity index (χ4n) is 2.45. The molecule has 0 fully saturated rings. The van der Waals surface area contributed by atoms with Gasteiger partial charge in [0.1, 0.15) is 0 Å². The Morgan fingerprint density at radius 1 is 0.917 bits per heavy atom. The molecule has 0 aliphatic rings. The number of carbonyl (C=O) groups is 2. The minimum Gasteiger partial charge on any atom is -0.465 e. The van der Waals surface area contributed by atoms with Gasteiger partial charge in [-0.3, -0.25) is 14.9 Å². The van der Waals surface area contributed by atoms with E-state index in [9.17, 15) is 9.59 Å². The molecule has 0 radical (unpaired) electrons. The van der Waals surface area contributed by atoms with Crippen molar-refractivity contribution in [3.8, 4) is 11.3 Å². The van der Waals surface area contributed by atoms with Crippen molar-refractivity contribution in [1.29, 1.82) is 0 Å². The molecule has 3 aromatic rings. The molecule has 5 nitrogen and oxygen atoms in total. The van der Waals surface area contributed by atoms with Gasteiger partial charge < -0.3 is 4.74 Å². The monoisotopic (exact) mass is 320 g/mol. The highest BCUT2D eigenvalue weighted by Crippen LogP contribution is 2.25. The van der Waals surface area contributed by atoms with Gasteiger partial charge in [0, 0.05) is 17.3 Å². The minimum absolute atomic E-state index is 0.264. The number of methoxy groups -OCH3 is 1. The van der Waals surface area contributed by atoms with Crippen LogP contribution in [0.1, 0.15) is 20.7 Å². The zero-order valence-corrected chi connectivity index (χ0v) is 13.1. The molecule has 0 spiro atoms. The molecular formula is C19H16N2O3. The van der Waals surface area contributed by atoms with E-state index in [4.69, 9.17) is 4.74 Å². The smallest absolute Gasteiger partial charge is 0.340 e. The summed E-state index contributed by atoms with van der Waals surface area (Å²) >= 11 is 0. The second-order valence-corrected chi connectivity index (χ2v) is 5.11. The Kier molecular flexibility index (Phi) is 4.43. The summed E-state index contributed by atoms with van der Waals surface area (Å²) in [5.74, 6) is -0.721. The lowest BCUT2D eigenvalue weighted by atomic mass is 10.1. The van der Waals surface area contributed by atoms with E-state index in [2.05, 4.69) is 5.43 Å². The first kappa shape index (κ1) is 15.6. The fraction of sp³-hybridized carbons (Fsp3) is 0.0526. The molecule has 0 aliphatic heterocycles. The van der Waals surface area contributed by atoms with Gasteiger partial charge in [-0.15, -0.1) is 0 Å². The molecule has 2 aromatic carbocycles. The van der Waals surface area contributed by atoms with Crippen molar-refractivity contribution < 1.29 is 14.3 Å². The number of ether oxygens (including phenoxy) is 1. The van der Waals surface area contributed by atoms with Gasteiger partial charge in [-0.05, 0) is 18.2 Å². The molecule has 1 N–H and O–H groups in total. The number of hydrogen-bond acceptors (Lipinski definition) is 3. The van der Waals surface area contributed by atoms with E-state index in [1.165, 1.54) is 11.8 Å². The Balaban J connectivity index is 2.01. The van der Waals surface area contributed by atoms with E-state index < -0.39 is 5.97 Å². The number of hydrogen-bond donors (Lipinski definition) is 1. The molecule has 3 rings (SSSR count). The highest BCUT2D eigenvalue weighted by molar-refractivity contribution is 6.01. The molecule has 5 heteroatoms. The van der Waals surface area contributed by atoms with Crippen LogP contribution < -0.4 is 5.43 Å². The number of esters is 1. The van der Waals surface area contributed by atoms with Crippen molar-refractivity contribution >= 4 is 11.9 Å². The molecule has 1 aromatic heterocycles. The summed E-state index contributed by atoms with van der Waals surface area (Å²) in [5.41, 5.74) is 5.09. The fourth-order valence-corrected chi connectivity index (χ4v) is 2.45. The Labute approximate surface area is 139 Å². The average molecular weight is 320 g/mol. The van der Waals surface area contributed by atoms with Crippen LogP contribution in [0.4, 0.5) is 0 Å². The van der Waals surface area contributed by atoms with Crippen molar-refractivity contribution in [2.45, 2.75) is 0 Å². The van der Waals surface area contributed by atoms with Crippen molar-refractivity contribution in [3.63, 3.8) is 0 Å². The Bertz CT molecular complexity index is 855. The molecule has 24 heavy (non-hydrogen) atoms. The van der Waals surface area contributed by atoms with Gasteiger partial charge in [0.2, 0.25) is 0 Å². The molecule has 1 amide bonds. The third-order valence-electron chi connectivity index (χ3n) is 3.60. The number of carbonyl (C=O) groups excluding carboxylic acids is 2. The molecule has 0 saturated carbocycles. The van der Waals surface area contributed by atoms with E-state index >= 15 is 0 Å². The van der Waals surface area contributed by atoms with Crippen LogP contribution >= 0.6 is 0 Å². The van der Waals surface area contributed by atoms with Crippen molar-refractivity contribution in [2.75, 3.05) is 12.5 Å². The number of nitrogens with zero attached hydrogens (tertiary/aromatic N) is 1. The summed E-state index contributed by atoms with van der Waals surface area (Å²) in [6.07, 6.45) is 1.63. The summed E-state index contributed by atoms with van der Waals surface area (Å²) < 4.78 is 6.38. The average Bonchev–Trinajstić information content (AvgIpc) is 3.06. The maximum Gasteiger partial charge on any atom is 0.340 e. The largest absolute Gasteiger partial charge is 0.465 e. The maximum absolute atomic E-state index is 12.4. The lowest BCUT2D eigenvalue weighted by Crippen LogP contribution is -2.23. The van der Waals surface area contributed by atoms with E-state index in [0.717, 1.165) is 5.56 Å². The molecular weight excluding hydrogens is 304 g/mol. The highest BCUT2D eigenvalue weighted by atomic mass is 16.5. The molecule has 0 unspecified atom stereocenters. The lowest BCUT2D eigenvalue weighted by molar-refractivity contribution is 0.0601. The van der Waals surface area contributed by atoms with Crippen molar-refractivity contribution in [1.82, 2.24) is 4.68 Å². The first-order valence-corrected chi connectivity index (χ1v) is 7.42. The lowest BCUT2D eigenvalue weighted by Gasteiger charge is -2.12. The van der Waals surface area contributed by atoms with Gasteiger partial charge in [0.05, 0.1) is 18.4 Å². The van der Waals surface area contributed by atoms with E-state index in [0.29, 0.717) is 16.8 Å². The number of aromatic nitrogens is 1. The summed E-state index contributed by atoms with van der Waals surface area (Å²) in [6.45, 7) is 0. The van der Waals surface area contributed by atoms with Crippen molar-refractivity contribution in [3.05, 3.63) is 84.1 Å². The van der Waals surface area contributed by atoms with E-state index in [1.54, 1.807) is 36.5 Å². The molecule has 0 aliphatic carbocycles. The third kappa shape index (κ3) is 3.05. The molecule has 1 heterocycles. The van der Waals surface area contributed by atoms with Crippen LogP contribution in [-0.4, -0.2) is 23.7 Å². The van der Waals surface area contributed by atoms with Gasteiger partial charge in [0.25, 0.3) is 5.91 Å². The molecule has 0 bridgehead atoms. The molecule has 0 saturated heterocycles. The van der Waals surface area contributed by atoms with Crippen molar-refractivity contribution in [2.24, 2.45) is 0 Å². The zero-order valence-electron chi connectivity index (χ0n) is 13.1. The van der Waals surface area contributed by atoms with Gasteiger partial charge in [-0.25, -0.2) is 4.79 Å². The maximum atomic E-state index is 12.4. The Morgan fingerprint density at radius 2 is 1.54 bits per heavy atom. The number of nitrogens with one attached hydrogen (secondary N) is 1. The zero-order chi connectivity index (χ0) is 16.9. The highest BCUT2D eigenvalue weighted by Gasteiger charge is 2.19. The Morgan fingerprint density at radius 3 is 2.17 bits per heavy atom. The van der Waals surface area contributed by atoms with E-state index in [-0.39, 0.29) is 5.91 Å². The van der Waals surface area contributed by atoms with Crippen LogP contribution in [0.3, 0.4) is 0 Å². The SMILES string of the molecule is COC(=O)c1ccn(NC(=O)c2ccccc2)c1-c1ccccc1. The third-order valence-corrected chi connectivity index (χ3v) is 3.60. The first-order chi connectivity index (χ1) is 11.7. The van der Waals surface area contributed by atoms with Gasteiger partial charge >= 0.3 is 5.97 Å². The van der Waals surface area contributed by atoms with Gasteiger partial charge in [-0.2, -0.15) is 0 Å². The molecule has 120 valence electrons. The number of amides is 1. The van der Waals surface area contributed by atoms with Crippen LogP contribution in [0.15, 0.2) is 72.9 Å². The van der Waals surface area contributed by atoms with E-state index in [1.807, 2.05) is 36.4 Å². The minimum atomic E-state index is -0.457. The van der Waals surface area contributed by atoms with Crippen LogP contribution in [0.25, 0.3) is 11.3 Å². The summed E-state index contributed by atoms with van der Waals surface area (Å²) in [6, 6.07) is 19.9. The standard InChI is InChI=1S/C19H16N2O3/c1-24-19(23)16-12-13-21(17(16)14-8-4-2-5-9-14)20-18(22)15-10-6-3-7-11-15/h2-13H,1H3,(H,20,22). The summed E-state index contributed by atoms with van der Waals surface area (Å²) in [4.78, 5) is 24.4. The quantitative estimate of drug-likeness (QED) is 0.750. The molecule has 0 atom stereocenters. The number of benzene rings is 2. The first-order valence-electron chi connectivity index (χ1n) is 7.42. The van der Waals surface area contributed by atoms with Crippen LogP contribution in [0, 0.1) is 0 Å². The predicted molar refractivity (Wildman–Crippen MR) is 91.3 cm³/mol. The normalized spacial score (nSPS) is 10.2. The second-order valence-electron chi connectivity index (χ2n) is 5.11. The van der Waals surface area contributed by atoms with Gasteiger partial charge in [0.15, 0.2) is 0 Å². The van der Waals surface area contributed by atoms with Crippen LogP contribution in [0.5, 0.6) is 0 Å². The topological polar surface area (TPSA) is 60.3 Å². The summed E-state index contributed by atoms with van der Waals surface area (Å²) in [7, 11) is 1.33. The van der Waals surface area contributed by atoms with Crippen LogP contribution in [-0.2, 0) is 4.74 Å². The second kappa shape index (κ2) is 6.83. The van der Waals surface area contributed by atoms with Gasteiger partial charge in [-0.1, -0.05) is 48.5 Å². The summed E-state index contributed by atoms with van der Waals surface area (Å²) in [5, 5.41) is 0. The number of rotatable bonds is 4. The Hall–Kier alpha value is -3.34. The van der Waals surface area contributed by atoms with Crippen LogP contribution in [0.2, 0.25) is 0 Å². The predicted octanol–water partition coefficient (Wildman–Crippen LogP) is 3.33.